The Morgan fingerprint density at radius 2 is 2.20 bits per heavy atom. The molecule has 2 amide bonds. The smallest absolute Gasteiger partial charge is 0.326 e. The van der Waals surface area contributed by atoms with E-state index in [1.54, 1.807) is 0 Å². The summed E-state index contributed by atoms with van der Waals surface area (Å²) in [7, 11) is 0. The van der Waals surface area contributed by atoms with Crippen LogP contribution in [-0.4, -0.2) is 17.3 Å². The summed E-state index contributed by atoms with van der Waals surface area (Å²) in [6.07, 6.45) is 0.839. The Hall–Kier alpha value is -0.860. The molecule has 0 unspecified atom stereocenters. The molecule has 1 heterocycles. The first-order valence-corrected chi connectivity index (χ1v) is 3.46. The number of carbonyl (C=O) groups excluding carboxylic acids is 1. The summed E-state index contributed by atoms with van der Waals surface area (Å²) >= 11 is 0. The van der Waals surface area contributed by atoms with Crippen LogP contribution in [0.4, 0.5) is 4.79 Å². The number of amides is 2. The van der Waals surface area contributed by atoms with Gasteiger partial charge in [0.05, 0.1) is 5.54 Å². The van der Waals surface area contributed by atoms with Gasteiger partial charge in [-0.2, -0.15) is 0 Å². The zero-order chi connectivity index (χ0) is 7.78. The number of rotatable bonds is 1. The van der Waals surface area contributed by atoms with E-state index in [9.17, 15) is 4.79 Å². The van der Waals surface area contributed by atoms with Gasteiger partial charge in [0.25, 0.3) is 0 Å². The van der Waals surface area contributed by atoms with E-state index in [2.05, 4.69) is 10.3 Å². The number of hydrogen-bond donors (Lipinski definition) is 1. The molecule has 56 valence electrons. The minimum Gasteiger partial charge on any atom is -0.326 e. The van der Waals surface area contributed by atoms with E-state index in [4.69, 9.17) is 0 Å². The Bertz CT molecular complexity index is 194. The maximum atomic E-state index is 10.7. The summed E-state index contributed by atoms with van der Waals surface area (Å²) in [6, 6.07) is -0.207. The van der Waals surface area contributed by atoms with Crippen molar-refractivity contribution in [2.75, 3.05) is 0 Å². The highest BCUT2D eigenvalue weighted by molar-refractivity contribution is 6.07. The van der Waals surface area contributed by atoms with Crippen molar-refractivity contribution < 1.29 is 4.79 Å². The van der Waals surface area contributed by atoms with Gasteiger partial charge in [-0.1, -0.05) is 6.92 Å². The summed E-state index contributed by atoms with van der Waals surface area (Å²) in [5.41, 5.74) is 0.726. The standard InChI is InChI=1S/C7H12N2O/c1-4-5-7(2,3)9-6(10)8-5/h4H2,1-3H3,(H,9,10). The van der Waals surface area contributed by atoms with Crippen LogP contribution >= 0.6 is 0 Å². The Labute approximate surface area is 60.5 Å². The highest BCUT2D eigenvalue weighted by Gasteiger charge is 2.31. The van der Waals surface area contributed by atoms with Gasteiger partial charge in [0, 0.05) is 5.71 Å². The molecule has 3 nitrogen and oxygen atoms in total. The Kier molecular flexibility index (Phi) is 1.50. The molecule has 0 aliphatic carbocycles. The lowest BCUT2D eigenvalue weighted by Gasteiger charge is -2.18. The molecule has 0 fully saturated rings. The van der Waals surface area contributed by atoms with E-state index in [-0.39, 0.29) is 11.6 Å². The van der Waals surface area contributed by atoms with Gasteiger partial charge in [0.2, 0.25) is 0 Å². The molecule has 1 aliphatic rings. The van der Waals surface area contributed by atoms with Gasteiger partial charge in [0.15, 0.2) is 0 Å². The average molecular weight is 140 g/mol. The first-order valence-electron chi connectivity index (χ1n) is 3.46. The molecule has 0 spiro atoms. The van der Waals surface area contributed by atoms with Crippen molar-refractivity contribution in [3.63, 3.8) is 0 Å². The molecular formula is C7H12N2O. The van der Waals surface area contributed by atoms with Gasteiger partial charge < -0.3 is 5.32 Å². The minimum atomic E-state index is -0.216. The molecule has 1 N–H and O–H groups in total. The highest BCUT2D eigenvalue weighted by Crippen LogP contribution is 2.14. The van der Waals surface area contributed by atoms with E-state index < -0.39 is 0 Å². The molecule has 0 radical (unpaired) electrons. The summed E-state index contributed by atoms with van der Waals surface area (Å²) in [6.45, 7) is 5.92. The third-order valence-corrected chi connectivity index (χ3v) is 1.71. The van der Waals surface area contributed by atoms with Crippen LogP contribution in [0.3, 0.4) is 0 Å². The Balaban J connectivity index is 2.86. The molecule has 0 bridgehead atoms. The normalized spacial score (nSPS) is 22.3. The SMILES string of the molecule is CCC1=NC(=O)NC1(C)C. The van der Waals surface area contributed by atoms with E-state index in [0.717, 1.165) is 12.1 Å². The second-order valence-corrected chi connectivity index (χ2v) is 2.97. The number of hydrogen-bond acceptors (Lipinski definition) is 1. The molecule has 3 heteroatoms. The largest absolute Gasteiger partial charge is 0.341 e. The van der Waals surface area contributed by atoms with Crippen LogP contribution in [0, 0.1) is 0 Å². The quantitative estimate of drug-likeness (QED) is 0.586. The van der Waals surface area contributed by atoms with E-state index in [1.165, 1.54) is 0 Å². The number of nitrogens with one attached hydrogen (secondary N) is 1. The predicted octanol–water partition coefficient (Wildman–Crippen LogP) is 1.34. The van der Waals surface area contributed by atoms with Crippen LogP contribution in [0.2, 0.25) is 0 Å². The topological polar surface area (TPSA) is 41.5 Å². The molecule has 0 atom stereocenters. The van der Waals surface area contributed by atoms with Gasteiger partial charge >= 0.3 is 6.03 Å². The summed E-state index contributed by atoms with van der Waals surface area (Å²) < 4.78 is 0. The molecule has 10 heavy (non-hydrogen) atoms. The monoisotopic (exact) mass is 140 g/mol. The second kappa shape index (κ2) is 2.08. The van der Waals surface area contributed by atoms with Gasteiger partial charge in [-0.05, 0) is 20.3 Å². The van der Waals surface area contributed by atoms with Gasteiger partial charge in [-0.25, -0.2) is 9.79 Å². The molecule has 0 aromatic heterocycles. The van der Waals surface area contributed by atoms with E-state index >= 15 is 0 Å². The fourth-order valence-corrected chi connectivity index (χ4v) is 1.15. The van der Waals surface area contributed by atoms with Crippen LogP contribution < -0.4 is 5.32 Å². The third-order valence-electron chi connectivity index (χ3n) is 1.71. The number of nitrogens with zero attached hydrogens (tertiary/aromatic N) is 1. The molecule has 0 saturated carbocycles. The minimum absolute atomic E-state index is 0.207. The van der Waals surface area contributed by atoms with Crippen molar-refractivity contribution >= 4 is 11.7 Å². The Morgan fingerprint density at radius 3 is 2.40 bits per heavy atom. The van der Waals surface area contributed by atoms with Crippen molar-refractivity contribution in [3.8, 4) is 0 Å². The first-order chi connectivity index (χ1) is 4.56. The zero-order valence-corrected chi connectivity index (χ0v) is 6.56. The molecule has 0 aromatic rings. The van der Waals surface area contributed by atoms with Crippen LogP contribution in [0.25, 0.3) is 0 Å². The maximum absolute atomic E-state index is 10.7. The molecule has 0 aromatic carbocycles. The lowest BCUT2D eigenvalue weighted by molar-refractivity contribution is 0.248. The summed E-state index contributed by atoms with van der Waals surface area (Å²) in [5, 5.41) is 2.75. The summed E-state index contributed by atoms with van der Waals surface area (Å²) in [5.74, 6) is 0. The lowest BCUT2D eigenvalue weighted by Crippen LogP contribution is -2.42. The maximum Gasteiger partial charge on any atom is 0.341 e. The highest BCUT2D eigenvalue weighted by atomic mass is 16.2. The van der Waals surface area contributed by atoms with E-state index in [1.807, 2.05) is 20.8 Å². The third kappa shape index (κ3) is 1.03. The van der Waals surface area contributed by atoms with Crippen molar-refractivity contribution in [3.05, 3.63) is 0 Å². The Morgan fingerprint density at radius 1 is 1.60 bits per heavy atom. The van der Waals surface area contributed by atoms with Gasteiger partial charge in [-0.3, -0.25) is 0 Å². The average Bonchev–Trinajstić information content (AvgIpc) is 2.04. The number of urea groups is 1. The first kappa shape index (κ1) is 7.25. The van der Waals surface area contributed by atoms with Gasteiger partial charge in [0.1, 0.15) is 0 Å². The molecule has 1 rings (SSSR count). The molecule has 0 saturated heterocycles. The van der Waals surface area contributed by atoms with Crippen molar-refractivity contribution in [2.45, 2.75) is 32.7 Å². The number of carbonyl (C=O) groups is 1. The zero-order valence-electron chi connectivity index (χ0n) is 6.56. The fourth-order valence-electron chi connectivity index (χ4n) is 1.15. The molecule has 1 aliphatic heterocycles. The van der Waals surface area contributed by atoms with Crippen LogP contribution in [0.15, 0.2) is 4.99 Å². The van der Waals surface area contributed by atoms with Crippen LogP contribution in [-0.2, 0) is 0 Å². The van der Waals surface area contributed by atoms with Crippen LogP contribution in [0.1, 0.15) is 27.2 Å². The van der Waals surface area contributed by atoms with Crippen LogP contribution in [0.5, 0.6) is 0 Å². The van der Waals surface area contributed by atoms with Crippen molar-refractivity contribution in [1.29, 1.82) is 0 Å². The summed E-state index contributed by atoms with van der Waals surface area (Å²) in [4.78, 5) is 14.6. The van der Waals surface area contributed by atoms with Crippen molar-refractivity contribution in [1.82, 2.24) is 5.32 Å². The number of aliphatic imine (C=N–C) groups is 1. The van der Waals surface area contributed by atoms with Gasteiger partial charge in [-0.15, -0.1) is 0 Å². The lowest BCUT2D eigenvalue weighted by atomic mass is 9.98. The van der Waals surface area contributed by atoms with Crippen molar-refractivity contribution in [2.24, 2.45) is 4.99 Å². The predicted molar refractivity (Wildman–Crippen MR) is 40.3 cm³/mol. The fraction of sp³-hybridized carbons (Fsp3) is 0.714. The second-order valence-electron chi connectivity index (χ2n) is 2.97. The van der Waals surface area contributed by atoms with E-state index in [0.29, 0.717) is 0 Å². The molecular weight excluding hydrogens is 128 g/mol.